The number of epoxide rings is 1. The van der Waals surface area contributed by atoms with Crippen LogP contribution in [0.2, 0.25) is 0 Å². The molecule has 2 atom stereocenters. The van der Waals surface area contributed by atoms with E-state index in [-0.39, 0.29) is 12.1 Å². The minimum absolute atomic E-state index is 0.281. The number of para-hydroxylation sites is 1. The van der Waals surface area contributed by atoms with Gasteiger partial charge < -0.3 is 14.2 Å². The Labute approximate surface area is 94.1 Å². The number of hydrogen-bond acceptors (Lipinski definition) is 4. The topological polar surface area (TPSA) is 48.1 Å². The summed E-state index contributed by atoms with van der Waals surface area (Å²) in [6.07, 6.45) is -0.281. The van der Waals surface area contributed by atoms with E-state index in [4.69, 9.17) is 14.2 Å². The number of carbonyl (C=O) groups is 1. The molecule has 1 aromatic carbocycles. The van der Waals surface area contributed by atoms with Crippen LogP contribution in [0.15, 0.2) is 24.3 Å². The third-order valence-electron chi connectivity index (χ3n) is 2.82. The lowest BCUT2D eigenvalue weighted by Crippen LogP contribution is -2.22. The van der Waals surface area contributed by atoms with Crippen LogP contribution in [0.3, 0.4) is 0 Å². The third-order valence-corrected chi connectivity index (χ3v) is 2.82. The smallest absolute Gasteiger partial charge is 0.340 e. The molecule has 16 heavy (non-hydrogen) atoms. The Morgan fingerprint density at radius 2 is 2.06 bits per heavy atom. The van der Waals surface area contributed by atoms with E-state index >= 15 is 0 Å². The van der Waals surface area contributed by atoms with Crippen molar-refractivity contribution >= 4 is 5.97 Å². The Hall–Kier alpha value is -1.55. The number of ether oxygens (including phenoxy) is 3. The van der Waals surface area contributed by atoms with Crippen LogP contribution in [0.4, 0.5) is 0 Å². The molecule has 1 heterocycles. The van der Waals surface area contributed by atoms with E-state index in [0.717, 1.165) is 11.3 Å². The van der Waals surface area contributed by atoms with Crippen LogP contribution < -0.4 is 4.74 Å². The Balaban J connectivity index is 2.26. The van der Waals surface area contributed by atoms with Crippen molar-refractivity contribution < 1.29 is 19.0 Å². The molecule has 0 spiro atoms. The molecule has 0 N–H and O–H groups in total. The highest BCUT2D eigenvalue weighted by Crippen LogP contribution is 2.52. The second-order valence-electron chi connectivity index (χ2n) is 3.84. The molecular formula is C12H14O4. The van der Waals surface area contributed by atoms with Crippen molar-refractivity contribution in [1.29, 1.82) is 0 Å². The molecule has 1 aromatic rings. The summed E-state index contributed by atoms with van der Waals surface area (Å²) in [5, 5.41) is 0. The fourth-order valence-corrected chi connectivity index (χ4v) is 1.81. The molecule has 4 nitrogen and oxygen atoms in total. The van der Waals surface area contributed by atoms with E-state index in [1.54, 1.807) is 14.0 Å². The fourth-order valence-electron chi connectivity index (χ4n) is 1.81. The minimum Gasteiger partial charge on any atom is -0.496 e. The van der Waals surface area contributed by atoms with E-state index < -0.39 is 5.60 Å². The summed E-state index contributed by atoms with van der Waals surface area (Å²) in [5.74, 6) is 0.364. The molecule has 0 aliphatic carbocycles. The Kier molecular flexibility index (Phi) is 2.59. The van der Waals surface area contributed by atoms with Gasteiger partial charge in [-0.25, -0.2) is 4.79 Å². The molecule has 1 aliphatic rings. The van der Waals surface area contributed by atoms with Crippen LogP contribution >= 0.6 is 0 Å². The maximum Gasteiger partial charge on any atom is 0.340 e. The largest absolute Gasteiger partial charge is 0.496 e. The van der Waals surface area contributed by atoms with Gasteiger partial charge in [-0.2, -0.15) is 0 Å². The van der Waals surface area contributed by atoms with Crippen molar-refractivity contribution in [2.45, 2.75) is 18.6 Å². The first-order chi connectivity index (χ1) is 7.63. The van der Waals surface area contributed by atoms with Crippen LogP contribution in [0.1, 0.15) is 18.6 Å². The minimum atomic E-state index is -0.872. The molecule has 4 heteroatoms. The van der Waals surface area contributed by atoms with Crippen molar-refractivity contribution in [3.05, 3.63) is 29.8 Å². The van der Waals surface area contributed by atoms with E-state index in [1.165, 1.54) is 7.11 Å². The Morgan fingerprint density at radius 3 is 2.69 bits per heavy atom. The van der Waals surface area contributed by atoms with E-state index in [1.807, 2.05) is 24.3 Å². The SMILES string of the molecule is COC(=O)C1(C)OC1c1ccccc1OC. The van der Waals surface area contributed by atoms with Crippen molar-refractivity contribution in [3.63, 3.8) is 0 Å². The van der Waals surface area contributed by atoms with Crippen LogP contribution in [0, 0.1) is 0 Å². The summed E-state index contributed by atoms with van der Waals surface area (Å²) in [6.45, 7) is 1.72. The molecule has 2 unspecified atom stereocenters. The molecule has 1 fully saturated rings. The van der Waals surface area contributed by atoms with Crippen molar-refractivity contribution in [3.8, 4) is 5.75 Å². The normalized spacial score (nSPS) is 27.3. The summed E-state index contributed by atoms with van der Waals surface area (Å²) >= 11 is 0. The van der Waals surface area contributed by atoms with Gasteiger partial charge >= 0.3 is 5.97 Å². The van der Waals surface area contributed by atoms with Gasteiger partial charge in [0.15, 0.2) is 5.60 Å². The molecule has 0 saturated carbocycles. The number of methoxy groups -OCH3 is 2. The lowest BCUT2D eigenvalue weighted by molar-refractivity contribution is -0.146. The molecule has 1 aliphatic heterocycles. The van der Waals surface area contributed by atoms with Crippen molar-refractivity contribution in [1.82, 2.24) is 0 Å². The zero-order chi connectivity index (χ0) is 11.8. The van der Waals surface area contributed by atoms with Gasteiger partial charge in [0.05, 0.1) is 14.2 Å². The molecular weight excluding hydrogens is 208 g/mol. The summed E-state index contributed by atoms with van der Waals surface area (Å²) in [5.41, 5.74) is 0.00141. The Bertz CT molecular complexity index is 415. The first kappa shape index (κ1) is 11.0. The van der Waals surface area contributed by atoms with Gasteiger partial charge in [0.2, 0.25) is 0 Å². The van der Waals surface area contributed by atoms with Crippen LogP contribution in [-0.2, 0) is 14.3 Å². The first-order valence-corrected chi connectivity index (χ1v) is 5.02. The molecule has 2 rings (SSSR count). The molecule has 0 bridgehead atoms. The third kappa shape index (κ3) is 1.55. The number of carbonyl (C=O) groups excluding carboxylic acids is 1. The van der Waals surface area contributed by atoms with Gasteiger partial charge in [0.1, 0.15) is 11.9 Å². The molecule has 1 saturated heterocycles. The number of rotatable bonds is 3. The predicted octanol–water partition coefficient (Wildman–Crippen LogP) is 1.70. The summed E-state index contributed by atoms with van der Waals surface area (Å²) < 4.78 is 15.4. The number of benzene rings is 1. The first-order valence-electron chi connectivity index (χ1n) is 5.02. The zero-order valence-corrected chi connectivity index (χ0v) is 9.52. The standard InChI is InChI=1S/C12H14O4/c1-12(11(13)15-3)10(16-12)8-6-4-5-7-9(8)14-2/h4-7,10H,1-3H3. The maximum atomic E-state index is 11.5. The monoisotopic (exact) mass is 222 g/mol. The molecule has 0 radical (unpaired) electrons. The second-order valence-corrected chi connectivity index (χ2v) is 3.84. The average molecular weight is 222 g/mol. The summed E-state index contributed by atoms with van der Waals surface area (Å²) in [6, 6.07) is 7.49. The molecule has 86 valence electrons. The van der Waals surface area contributed by atoms with E-state index in [0.29, 0.717) is 0 Å². The number of esters is 1. The van der Waals surface area contributed by atoms with Gasteiger partial charge in [0.25, 0.3) is 0 Å². The highest BCUT2D eigenvalue weighted by Gasteiger charge is 2.61. The van der Waals surface area contributed by atoms with Crippen LogP contribution in [0.5, 0.6) is 5.75 Å². The lowest BCUT2D eigenvalue weighted by atomic mass is 10.0. The van der Waals surface area contributed by atoms with Crippen molar-refractivity contribution in [2.24, 2.45) is 0 Å². The second kappa shape index (κ2) is 3.79. The Morgan fingerprint density at radius 1 is 1.38 bits per heavy atom. The van der Waals surface area contributed by atoms with Crippen molar-refractivity contribution in [2.75, 3.05) is 14.2 Å². The van der Waals surface area contributed by atoms with E-state index in [2.05, 4.69) is 0 Å². The van der Waals surface area contributed by atoms with Gasteiger partial charge in [0, 0.05) is 5.56 Å². The number of hydrogen-bond donors (Lipinski definition) is 0. The molecule has 0 amide bonds. The summed E-state index contributed by atoms with van der Waals surface area (Å²) in [7, 11) is 2.95. The van der Waals surface area contributed by atoms with Gasteiger partial charge in [-0.05, 0) is 13.0 Å². The zero-order valence-electron chi connectivity index (χ0n) is 9.52. The van der Waals surface area contributed by atoms with Crippen LogP contribution in [-0.4, -0.2) is 25.8 Å². The lowest BCUT2D eigenvalue weighted by Gasteiger charge is -2.07. The molecule has 0 aromatic heterocycles. The highest BCUT2D eigenvalue weighted by molar-refractivity contribution is 5.83. The predicted molar refractivity (Wildman–Crippen MR) is 57.2 cm³/mol. The van der Waals surface area contributed by atoms with Gasteiger partial charge in [-0.3, -0.25) is 0 Å². The van der Waals surface area contributed by atoms with Gasteiger partial charge in [-0.15, -0.1) is 0 Å². The van der Waals surface area contributed by atoms with Gasteiger partial charge in [-0.1, -0.05) is 18.2 Å². The average Bonchev–Trinajstić information content (AvgIpc) is 3.01. The summed E-state index contributed by atoms with van der Waals surface area (Å²) in [4.78, 5) is 11.5. The van der Waals surface area contributed by atoms with E-state index in [9.17, 15) is 4.79 Å². The van der Waals surface area contributed by atoms with Crippen LogP contribution in [0.25, 0.3) is 0 Å². The fraction of sp³-hybridized carbons (Fsp3) is 0.417. The highest BCUT2D eigenvalue weighted by atomic mass is 16.7. The maximum absolute atomic E-state index is 11.5. The quantitative estimate of drug-likeness (QED) is 0.577.